The van der Waals surface area contributed by atoms with Gasteiger partial charge in [0, 0.05) is 19.1 Å². The maximum Gasteiger partial charge on any atom is 0.243 e. The molecule has 1 aromatic rings. The Morgan fingerprint density at radius 1 is 1.33 bits per heavy atom. The molecule has 1 aromatic carbocycles. The van der Waals surface area contributed by atoms with Crippen molar-refractivity contribution in [3.05, 3.63) is 29.3 Å². The van der Waals surface area contributed by atoms with Crippen molar-refractivity contribution in [2.24, 2.45) is 0 Å². The Hall–Kier alpha value is -0.910. The highest BCUT2D eigenvalue weighted by Crippen LogP contribution is 2.29. The molecule has 1 heterocycles. The topological polar surface area (TPSA) is 49.4 Å². The van der Waals surface area contributed by atoms with Crippen molar-refractivity contribution < 1.29 is 8.42 Å². The van der Waals surface area contributed by atoms with E-state index in [1.54, 1.807) is 4.31 Å². The highest BCUT2D eigenvalue weighted by molar-refractivity contribution is 7.89. The van der Waals surface area contributed by atoms with Crippen LogP contribution in [0.3, 0.4) is 0 Å². The minimum Gasteiger partial charge on any atom is -0.316 e. The largest absolute Gasteiger partial charge is 0.316 e. The van der Waals surface area contributed by atoms with E-state index in [9.17, 15) is 8.42 Å². The molecular formula is C16H26N2O2S. The number of hydrogen-bond donors (Lipinski definition) is 1. The summed E-state index contributed by atoms with van der Waals surface area (Å²) in [5.41, 5.74) is 1.84. The molecule has 1 aliphatic heterocycles. The molecule has 0 amide bonds. The van der Waals surface area contributed by atoms with Crippen LogP contribution in [0.2, 0.25) is 0 Å². The van der Waals surface area contributed by atoms with Gasteiger partial charge in [-0.25, -0.2) is 8.42 Å². The lowest BCUT2D eigenvalue weighted by molar-refractivity contribution is 0.246. The molecule has 0 aromatic heterocycles. The molecule has 118 valence electrons. The highest BCUT2D eigenvalue weighted by atomic mass is 32.2. The first-order valence-electron chi connectivity index (χ1n) is 7.76. The van der Waals surface area contributed by atoms with Crippen LogP contribution in [0.1, 0.15) is 43.7 Å². The van der Waals surface area contributed by atoms with E-state index in [4.69, 9.17) is 0 Å². The van der Waals surface area contributed by atoms with Crippen molar-refractivity contribution in [1.82, 2.24) is 9.62 Å². The summed E-state index contributed by atoms with van der Waals surface area (Å²) in [6.45, 7) is 5.28. The van der Waals surface area contributed by atoms with Gasteiger partial charge in [-0.1, -0.05) is 25.5 Å². The second kappa shape index (κ2) is 6.90. The summed E-state index contributed by atoms with van der Waals surface area (Å²) < 4.78 is 27.8. The van der Waals surface area contributed by atoms with Crippen molar-refractivity contribution in [3.63, 3.8) is 0 Å². The molecule has 0 saturated carbocycles. The monoisotopic (exact) mass is 310 g/mol. The van der Waals surface area contributed by atoms with Crippen LogP contribution >= 0.6 is 0 Å². The quantitative estimate of drug-likeness (QED) is 0.909. The lowest BCUT2D eigenvalue weighted by atomic mass is 10.0. The van der Waals surface area contributed by atoms with Crippen LogP contribution in [0.4, 0.5) is 0 Å². The number of piperidine rings is 1. The average Bonchev–Trinajstić information content (AvgIpc) is 2.49. The molecule has 1 aliphatic rings. The summed E-state index contributed by atoms with van der Waals surface area (Å²) in [5, 5.41) is 3.07. The van der Waals surface area contributed by atoms with Crippen LogP contribution < -0.4 is 5.32 Å². The van der Waals surface area contributed by atoms with Gasteiger partial charge in [0.1, 0.15) is 0 Å². The second-order valence-corrected chi connectivity index (χ2v) is 7.66. The van der Waals surface area contributed by atoms with E-state index in [0.29, 0.717) is 18.0 Å². The third-order valence-corrected chi connectivity index (χ3v) is 6.36. The van der Waals surface area contributed by atoms with Crippen molar-refractivity contribution >= 4 is 10.0 Å². The summed E-state index contributed by atoms with van der Waals surface area (Å²) in [6.07, 6.45) is 3.95. The van der Waals surface area contributed by atoms with Gasteiger partial charge in [-0.2, -0.15) is 4.31 Å². The van der Waals surface area contributed by atoms with E-state index in [1.165, 1.54) is 0 Å². The van der Waals surface area contributed by atoms with Crippen molar-refractivity contribution in [1.29, 1.82) is 0 Å². The van der Waals surface area contributed by atoms with Gasteiger partial charge < -0.3 is 5.32 Å². The normalized spacial score (nSPS) is 20.6. The van der Waals surface area contributed by atoms with E-state index < -0.39 is 10.0 Å². The molecular weight excluding hydrogens is 284 g/mol. The molecule has 1 unspecified atom stereocenters. The van der Waals surface area contributed by atoms with Gasteiger partial charge in [-0.05, 0) is 50.4 Å². The van der Waals surface area contributed by atoms with E-state index in [0.717, 1.165) is 36.8 Å². The molecule has 0 radical (unpaired) electrons. The Bertz CT molecular complexity index is 584. The van der Waals surface area contributed by atoms with Gasteiger partial charge in [0.15, 0.2) is 0 Å². The van der Waals surface area contributed by atoms with Gasteiger partial charge in [0.25, 0.3) is 0 Å². The third-order valence-electron chi connectivity index (χ3n) is 4.26. The van der Waals surface area contributed by atoms with Crippen LogP contribution in [0.25, 0.3) is 0 Å². The summed E-state index contributed by atoms with van der Waals surface area (Å²) in [4.78, 5) is 0.468. The molecule has 1 fully saturated rings. The number of nitrogens with zero attached hydrogens (tertiary/aromatic N) is 1. The molecule has 5 heteroatoms. The molecule has 1 saturated heterocycles. The Labute approximate surface area is 128 Å². The molecule has 1 N–H and O–H groups in total. The number of hydrogen-bond acceptors (Lipinski definition) is 3. The maximum absolute atomic E-state index is 13.0. The fourth-order valence-corrected chi connectivity index (χ4v) is 5.11. The highest BCUT2D eigenvalue weighted by Gasteiger charge is 2.33. The summed E-state index contributed by atoms with van der Waals surface area (Å²) in [6, 6.07) is 5.86. The zero-order chi connectivity index (χ0) is 15.5. The fourth-order valence-electron chi connectivity index (χ4n) is 3.06. The minimum atomic E-state index is -3.39. The number of aryl methyl sites for hydroxylation is 1. The molecule has 0 aliphatic carbocycles. The van der Waals surface area contributed by atoms with Gasteiger partial charge in [-0.15, -0.1) is 0 Å². The van der Waals surface area contributed by atoms with Crippen molar-refractivity contribution in [3.8, 4) is 0 Å². The second-order valence-electron chi connectivity index (χ2n) is 5.80. The Morgan fingerprint density at radius 3 is 2.76 bits per heavy atom. The zero-order valence-electron chi connectivity index (χ0n) is 13.2. The van der Waals surface area contributed by atoms with Crippen molar-refractivity contribution in [2.75, 3.05) is 13.6 Å². The summed E-state index contributed by atoms with van der Waals surface area (Å²) >= 11 is 0. The third kappa shape index (κ3) is 3.47. The molecule has 0 bridgehead atoms. The average molecular weight is 310 g/mol. The van der Waals surface area contributed by atoms with Crippen LogP contribution in [-0.4, -0.2) is 32.4 Å². The van der Waals surface area contributed by atoms with E-state index >= 15 is 0 Å². The lowest BCUT2D eigenvalue weighted by Crippen LogP contribution is -2.43. The standard InChI is InChI=1S/C16H26N2O2S/c1-4-15-7-5-6-10-18(15)21(19,20)16-11-14(12-17-3)9-8-13(16)2/h8-9,11,15,17H,4-7,10,12H2,1-3H3. The lowest BCUT2D eigenvalue weighted by Gasteiger charge is -2.34. The zero-order valence-corrected chi connectivity index (χ0v) is 14.0. The van der Waals surface area contributed by atoms with E-state index in [2.05, 4.69) is 12.2 Å². The summed E-state index contributed by atoms with van der Waals surface area (Å²) in [7, 11) is -1.52. The van der Waals surface area contributed by atoms with Gasteiger partial charge in [0.05, 0.1) is 4.90 Å². The first-order valence-corrected chi connectivity index (χ1v) is 9.20. The molecule has 1 atom stereocenters. The smallest absolute Gasteiger partial charge is 0.243 e. The molecule has 4 nitrogen and oxygen atoms in total. The Balaban J connectivity index is 2.40. The predicted molar refractivity (Wildman–Crippen MR) is 85.8 cm³/mol. The van der Waals surface area contributed by atoms with Gasteiger partial charge in [-0.3, -0.25) is 0 Å². The van der Waals surface area contributed by atoms with Crippen LogP contribution in [0.5, 0.6) is 0 Å². The number of rotatable bonds is 5. The van der Waals surface area contributed by atoms with E-state index in [1.807, 2.05) is 32.2 Å². The minimum absolute atomic E-state index is 0.149. The predicted octanol–water partition coefficient (Wildman–Crippen LogP) is 2.67. The van der Waals surface area contributed by atoms with Gasteiger partial charge >= 0.3 is 0 Å². The first kappa shape index (κ1) is 16.5. The molecule has 2 rings (SSSR count). The fraction of sp³-hybridized carbons (Fsp3) is 0.625. The summed E-state index contributed by atoms with van der Waals surface area (Å²) in [5.74, 6) is 0. The number of sulfonamides is 1. The maximum atomic E-state index is 13.0. The SMILES string of the molecule is CCC1CCCCN1S(=O)(=O)c1cc(CNC)ccc1C. The van der Waals surface area contributed by atoms with Gasteiger partial charge in [0.2, 0.25) is 10.0 Å². The Morgan fingerprint density at radius 2 is 2.10 bits per heavy atom. The Kier molecular flexibility index (Phi) is 5.41. The molecule has 21 heavy (non-hydrogen) atoms. The number of nitrogens with one attached hydrogen (secondary N) is 1. The van der Waals surface area contributed by atoms with Crippen molar-refractivity contribution in [2.45, 2.75) is 57.0 Å². The van der Waals surface area contributed by atoms with Crippen LogP contribution in [0.15, 0.2) is 23.1 Å². The van der Waals surface area contributed by atoms with Crippen LogP contribution in [0, 0.1) is 6.92 Å². The van der Waals surface area contributed by atoms with E-state index in [-0.39, 0.29) is 6.04 Å². The number of benzene rings is 1. The first-order chi connectivity index (χ1) is 10.0. The van der Waals surface area contributed by atoms with Crippen LogP contribution in [-0.2, 0) is 16.6 Å². The molecule has 0 spiro atoms.